The molecule has 0 radical (unpaired) electrons. The Morgan fingerprint density at radius 1 is 0.729 bits per heavy atom. The minimum Gasteiger partial charge on any atom is -0.465 e. The van der Waals surface area contributed by atoms with Gasteiger partial charge in [0.1, 0.15) is 17.9 Å². The van der Waals surface area contributed by atoms with Gasteiger partial charge in [-0.15, -0.1) is 0 Å². The number of carbonyl (C=O) groups excluding carboxylic acids is 2. The summed E-state index contributed by atoms with van der Waals surface area (Å²) in [7, 11) is 0. The molecule has 4 amide bonds. The van der Waals surface area contributed by atoms with Crippen LogP contribution in [-0.2, 0) is 19.9 Å². The first-order chi connectivity index (χ1) is 28.1. The van der Waals surface area contributed by atoms with E-state index >= 15 is 0 Å². The van der Waals surface area contributed by atoms with Gasteiger partial charge < -0.3 is 35.4 Å². The predicted molar refractivity (Wildman–Crippen MR) is 229 cm³/mol. The molecule has 2 fully saturated rings. The number of amides is 4. The second-order valence-corrected chi connectivity index (χ2v) is 16.2. The summed E-state index contributed by atoms with van der Waals surface area (Å²) in [5.74, 6) is -0.442. The molecule has 2 saturated heterocycles. The summed E-state index contributed by atoms with van der Waals surface area (Å²) in [5, 5.41) is 28.7. The largest absolute Gasteiger partial charge is 0.465 e. The molecule has 2 aliphatic rings. The van der Waals surface area contributed by atoms with Gasteiger partial charge in [-0.3, -0.25) is 20.2 Å². The first-order valence-corrected chi connectivity index (χ1v) is 20.1. The molecule has 4 aromatic rings. The molecule has 0 spiro atoms. The quantitative estimate of drug-likeness (QED) is 0.0781. The van der Waals surface area contributed by atoms with E-state index in [1.807, 2.05) is 68.8 Å². The van der Waals surface area contributed by atoms with E-state index in [2.05, 4.69) is 94.9 Å². The molecule has 1 unspecified atom stereocenters. The number of benzene rings is 3. The third kappa shape index (κ3) is 9.60. The molecule has 59 heavy (non-hydrogen) atoms. The summed E-state index contributed by atoms with van der Waals surface area (Å²) in [5.41, 5.74) is 6.16. The highest BCUT2D eigenvalue weighted by Gasteiger charge is 2.49. The number of ether oxygens (including phenoxy) is 1. The van der Waals surface area contributed by atoms with Crippen LogP contribution in [0.15, 0.2) is 91.1 Å². The second kappa shape index (κ2) is 18.2. The van der Waals surface area contributed by atoms with Gasteiger partial charge in [-0.05, 0) is 96.3 Å². The van der Waals surface area contributed by atoms with Crippen LogP contribution in [0.2, 0.25) is 0 Å². The van der Waals surface area contributed by atoms with E-state index in [9.17, 15) is 19.2 Å². The Hall–Kier alpha value is -6.15. The molecular formula is C45H55N7O7. The van der Waals surface area contributed by atoms with E-state index < -0.39 is 41.6 Å². The summed E-state index contributed by atoms with van der Waals surface area (Å²) in [6.45, 7) is 15.0. The smallest absolute Gasteiger partial charge is 0.411 e. The summed E-state index contributed by atoms with van der Waals surface area (Å²) in [6.07, 6.45) is -0.0365. The third-order valence-electron chi connectivity index (χ3n) is 11.7. The molecule has 1 aromatic heterocycles. The first kappa shape index (κ1) is 42.5. The Morgan fingerprint density at radius 3 is 1.71 bits per heavy atom. The number of nitrogens with zero attached hydrogens (tertiary/aromatic N) is 3. The summed E-state index contributed by atoms with van der Waals surface area (Å²) in [6, 6.07) is 27.2. The van der Waals surface area contributed by atoms with E-state index in [4.69, 9.17) is 19.9 Å². The van der Waals surface area contributed by atoms with Crippen LogP contribution >= 0.6 is 0 Å². The molecule has 0 saturated carbocycles. The number of carboxylic acid groups (broad SMARTS) is 2. The predicted octanol–water partition coefficient (Wildman–Crippen LogP) is 7.55. The number of imide groups is 2. The summed E-state index contributed by atoms with van der Waals surface area (Å²) < 4.78 is 5.50. The van der Waals surface area contributed by atoms with Gasteiger partial charge >= 0.3 is 12.2 Å². The Morgan fingerprint density at radius 2 is 1.24 bits per heavy atom. The van der Waals surface area contributed by atoms with Gasteiger partial charge in [0.05, 0.1) is 24.8 Å². The van der Waals surface area contributed by atoms with Crippen LogP contribution in [0.3, 0.4) is 0 Å². The van der Waals surface area contributed by atoms with Gasteiger partial charge in [-0.1, -0.05) is 71.0 Å². The Bertz CT molecular complexity index is 2090. The van der Waals surface area contributed by atoms with Crippen molar-refractivity contribution in [2.24, 2.45) is 17.8 Å². The summed E-state index contributed by atoms with van der Waals surface area (Å²) >= 11 is 0. The number of nitrogens with one attached hydrogen (secondary N) is 4. The fourth-order valence-corrected chi connectivity index (χ4v) is 8.24. The van der Waals surface area contributed by atoms with Crippen molar-refractivity contribution in [2.75, 3.05) is 46.7 Å². The van der Waals surface area contributed by atoms with Crippen molar-refractivity contribution in [3.8, 4) is 11.1 Å². The van der Waals surface area contributed by atoms with E-state index in [0.717, 1.165) is 53.3 Å². The second-order valence-electron chi connectivity index (χ2n) is 16.2. The van der Waals surface area contributed by atoms with E-state index in [0.29, 0.717) is 24.6 Å². The molecule has 2 aliphatic heterocycles. The van der Waals surface area contributed by atoms with Crippen molar-refractivity contribution in [1.82, 2.24) is 15.6 Å². The molecule has 14 nitrogen and oxygen atoms in total. The molecule has 0 aliphatic carbocycles. The summed E-state index contributed by atoms with van der Waals surface area (Å²) in [4.78, 5) is 57.2. The van der Waals surface area contributed by atoms with Crippen LogP contribution < -0.4 is 31.1 Å². The Balaban J connectivity index is 1.32. The monoisotopic (exact) mass is 805 g/mol. The van der Waals surface area contributed by atoms with Gasteiger partial charge in [-0.25, -0.2) is 14.6 Å². The molecule has 312 valence electrons. The lowest BCUT2D eigenvalue weighted by Crippen LogP contribution is -2.45. The van der Waals surface area contributed by atoms with E-state index in [-0.39, 0.29) is 23.8 Å². The number of hydrogen-bond acceptors (Lipinski definition) is 10. The lowest BCUT2D eigenvalue weighted by molar-refractivity contribution is -0.122. The normalized spacial score (nSPS) is 20.2. The highest BCUT2D eigenvalue weighted by atomic mass is 16.5. The number of rotatable bonds is 13. The molecule has 0 bridgehead atoms. The lowest BCUT2D eigenvalue weighted by Gasteiger charge is -2.43. The van der Waals surface area contributed by atoms with Crippen LogP contribution in [0.1, 0.15) is 65.1 Å². The molecule has 5 atom stereocenters. The highest BCUT2D eigenvalue weighted by Crippen LogP contribution is 2.54. The minimum atomic E-state index is -1.39. The third-order valence-corrected chi connectivity index (χ3v) is 11.7. The lowest BCUT2D eigenvalue weighted by atomic mass is 9.81. The van der Waals surface area contributed by atoms with Gasteiger partial charge in [0.2, 0.25) is 0 Å². The number of hydrogen-bond donors (Lipinski definition) is 6. The molecular weight excluding hydrogens is 751 g/mol. The Kier molecular flexibility index (Phi) is 13.1. The van der Waals surface area contributed by atoms with Gasteiger partial charge in [0, 0.05) is 41.9 Å². The average Bonchev–Trinajstić information content (AvgIpc) is 3.49. The van der Waals surface area contributed by atoms with Crippen LogP contribution in [0, 0.1) is 17.8 Å². The zero-order valence-electron chi connectivity index (χ0n) is 34.4. The molecule has 6 rings (SSSR count). The Labute approximate surface area is 345 Å². The fourth-order valence-electron chi connectivity index (χ4n) is 8.24. The van der Waals surface area contributed by atoms with Crippen LogP contribution in [0.25, 0.3) is 11.1 Å². The van der Waals surface area contributed by atoms with Crippen LogP contribution in [-0.4, -0.2) is 77.6 Å². The molecule has 3 aromatic carbocycles. The fraction of sp³-hybridized carbons (Fsp3) is 0.400. The van der Waals surface area contributed by atoms with Crippen molar-refractivity contribution < 1.29 is 34.1 Å². The van der Waals surface area contributed by atoms with Crippen LogP contribution in [0.4, 0.5) is 32.5 Å². The maximum Gasteiger partial charge on any atom is 0.411 e. The SMILES string of the molecule is CC(C)[C@H](Nc1ccc([C@@H]2CC(C)[C@@](C)(c3ccc(N[C@H](C(=O)NC(=O)O)C(C)C)cc3)N2c2ccc(-c3ccc(N4CCOCC4)nc3)cc2)cc1)C(=O)NC(=O)O. The maximum atomic E-state index is 12.7. The number of pyridine rings is 1. The minimum absolute atomic E-state index is 0.0385. The molecule has 3 heterocycles. The number of carbonyl (C=O) groups is 4. The van der Waals surface area contributed by atoms with E-state index in [1.54, 1.807) is 0 Å². The number of morpholine rings is 1. The topological polar surface area (TPSA) is 185 Å². The van der Waals surface area contributed by atoms with Gasteiger partial charge in [0.25, 0.3) is 11.8 Å². The van der Waals surface area contributed by atoms with Gasteiger partial charge in [0.15, 0.2) is 0 Å². The van der Waals surface area contributed by atoms with Crippen molar-refractivity contribution >= 4 is 46.9 Å². The number of anilines is 4. The highest BCUT2D eigenvalue weighted by molar-refractivity contribution is 5.96. The van der Waals surface area contributed by atoms with Gasteiger partial charge in [-0.2, -0.15) is 0 Å². The zero-order chi connectivity index (χ0) is 42.4. The molecule has 14 heteroatoms. The van der Waals surface area contributed by atoms with E-state index in [1.165, 1.54) is 0 Å². The standard InChI is InChI=1S/C45H55N7O7/c1-27(2)39(41(53)49-43(55)56)47-34-14-7-31(8-15-34)37-25-29(5)45(6,33-12-16-35(17-13-33)48-40(28(3)4)42(54)50-44(57)58)52(37)36-18-9-30(10-19-36)32-11-20-38(46-26-32)51-21-23-59-24-22-51/h7-20,26-29,37,39-40,47-48H,21-25H2,1-6H3,(H,49,53)(H,50,54)(H,55,56)(H,57,58)/t29?,37-,39-,40-,45-/m0/s1. The zero-order valence-corrected chi connectivity index (χ0v) is 34.4. The van der Waals surface area contributed by atoms with Crippen molar-refractivity contribution in [3.05, 3.63) is 102 Å². The maximum absolute atomic E-state index is 12.7. The van der Waals surface area contributed by atoms with Crippen LogP contribution in [0.5, 0.6) is 0 Å². The van der Waals surface area contributed by atoms with Crippen molar-refractivity contribution in [1.29, 1.82) is 0 Å². The van der Waals surface area contributed by atoms with Crippen molar-refractivity contribution in [2.45, 2.75) is 71.6 Å². The van der Waals surface area contributed by atoms with Crippen molar-refractivity contribution in [3.63, 3.8) is 0 Å². The first-order valence-electron chi connectivity index (χ1n) is 20.1. The number of aromatic nitrogens is 1. The average molecular weight is 806 g/mol. The molecule has 6 N–H and O–H groups in total.